The van der Waals surface area contributed by atoms with Crippen LogP contribution in [-0.2, 0) is 16.0 Å². The summed E-state index contributed by atoms with van der Waals surface area (Å²) < 4.78 is 5.03. The van der Waals surface area contributed by atoms with Crippen molar-refractivity contribution in [3.63, 3.8) is 0 Å². The monoisotopic (exact) mass is 318 g/mol. The van der Waals surface area contributed by atoms with Gasteiger partial charge in [-0.05, 0) is 37.8 Å². The van der Waals surface area contributed by atoms with E-state index in [1.165, 1.54) is 11.1 Å². The van der Waals surface area contributed by atoms with Gasteiger partial charge in [0.15, 0.2) is 0 Å². The van der Waals surface area contributed by atoms with Crippen LogP contribution in [0.5, 0.6) is 0 Å². The smallest absolute Gasteiger partial charge is 0.409 e. The van der Waals surface area contributed by atoms with Crippen molar-refractivity contribution in [2.45, 2.75) is 33.1 Å². The summed E-state index contributed by atoms with van der Waals surface area (Å²) in [5.41, 5.74) is 2.45. The number of hydrogen-bond acceptors (Lipinski definition) is 3. The second kappa shape index (κ2) is 8.56. The number of benzene rings is 1. The summed E-state index contributed by atoms with van der Waals surface area (Å²) in [6, 6.07) is 8.17. The minimum Gasteiger partial charge on any atom is -0.450 e. The highest BCUT2D eigenvalue weighted by atomic mass is 16.6. The summed E-state index contributed by atoms with van der Waals surface area (Å²) in [7, 11) is 0. The molecule has 0 unspecified atom stereocenters. The summed E-state index contributed by atoms with van der Waals surface area (Å²) >= 11 is 0. The Morgan fingerprint density at radius 3 is 2.52 bits per heavy atom. The molecule has 0 aromatic heterocycles. The third-order valence-electron chi connectivity index (χ3n) is 4.24. The molecule has 1 aromatic rings. The van der Waals surface area contributed by atoms with Crippen molar-refractivity contribution >= 4 is 12.0 Å². The second-order valence-corrected chi connectivity index (χ2v) is 5.85. The first kappa shape index (κ1) is 17.3. The van der Waals surface area contributed by atoms with Gasteiger partial charge in [0.25, 0.3) is 0 Å². The molecule has 126 valence electrons. The van der Waals surface area contributed by atoms with Crippen LogP contribution < -0.4 is 0 Å². The summed E-state index contributed by atoms with van der Waals surface area (Å²) in [6.07, 6.45) is 1.81. The SMILES string of the molecule is CCOC(=O)N1CCCN(C(=O)CCc2ccccc2C)CC1. The van der Waals surface area contributed by atoms with Crippen LogP contribution in [0, 0.1) is 6.92 Å². The average Bonchev–Trinajstić information content (AvgIpc) is 2.80. The molecule has 0 atom stereocenters. The number of hydrogen-bond donors (Lipinski definition) is 0. The molecular weight excluding hydrogens is 292 g/mol. The molecule has 1 aliphatic heterocycles. The van der Waals surface area contributed by atoms with E-state index in [1.807, 2.05) is 17.0 Å². The van der Waals surface area contributed by atoms with Crippen LogP contribution in [0.1, 0.15) is 30.9 Å². The predicted octanol–water partition coefficient (Wildman–Crippen LogP) is 2.62. The van der Waals surface area contributed by atoms with E-state index in [1.54, 1.807) is 11.8 Å². The Bertz CT molecular complexity index is 545. The maximum atomic E-state index is 12.4. The summed E-state index contributed by atoms with van der Waals surface area (Å²) in [5.74, 6) is 0.166. The average molecular weight is 318 g/mol. The van der Waals surface area contributed by atoms with Crippen molar-refractivity contribution < 1.29 is 14.3 Å². The molecule has 2 rings (SSSR count). The fraction of sp³-hybridized carbons (Fsp3) is 0.556. The first-order valence-electron chi connectivity index (χ1n) is 8.35. The molecule has 0 aliphatic carbocycles. The molecule has 0 radical (unpaired) electrons. The molecular formula is C18H26N2O3. The number of nitrogens with zero attached hydrogens (tertiary/aromatic N) is 2. The van der Waals surface area contributed by atoms with Crippen LogP contribution in [-0.4, -0.2) is 54.6 Å². The number of carbonyl (C=O) groups is 2. The lowest BCUT2D eigenvalue weighted by Crippen LogP contribution is -2.37. The van der Waals surface area contributed by atoms with E-state index in [0.29, 0.717) is 39.2 Å². The summed E-state index contributed by atoms with van der Waals surface area (Å²) in [5, 5.41) is 0. The molecule has 1 aromatic carbocycles. The largest absolute Gasteiger partial charge is 0.450 e. The van der Waals surface area contributed by atoms with Gasteiger partial charge in [-0.25, -0.2) is 4.79 Å². The molecule has 0 N–H and O–H groups in total. The predicted molar refractivity (Wildman–Crippen MR) is 89.3 cm³/mol. The number of rotatable bonds is 4. The molecule has 1 saturated heterocycles. The molecule has 1 aliphatic rings. The standard InChI is InChI=1S/C18H26N2O3/c1-3-23-18(22)20-12-6-11-19(13-14-20)17(21)10-9-16-8-5-4-7-15(16)2/h4-5,7-8H,3,6,9-14H2,1-2H3. The minimum atomic E-state index is -0.276. The Balaban J connectivity index is 1.83. The van der Waals surface area contributed by atoms with Crippen molar-refractivity contribution in [1.82, 2.24) is 9.80 Å². The van der Waals surface area contributed by atoms with Gasteiger partial charge in [-0.2, -0.15) is 0 Å². The quantitative estimate of drug-likeness (QED) is 0.857. The molecule has 23 heavy (non-hydrogen) atoms. The normalized spacial score (nSPS) is 15.2. The van der Waals surface area contributed by atoms with Gasteiger partial charge in [0.1, 0.15) is 0 Å². The molecule has 1 fully saturated rings. The highest BCUT2D eigenvalue weighted by Crippen LogP contribution is 2.12. The Morgan fingerprint density at radius 1 is 1.09 bits per heavy atom. The van der Waals surface area contributed by atoms with E-state index >= 15 is 0 Å². The van der Waals surface area contributed by atoms with Crippen LogP contribution in [0.25, 0.3) is 0 Å². The Morgan fingerprint density at radius 2 is 1.78 bits per heavy atom. The minimum absolute atomic E-state index is 0.166. The van der Waals surface area contributed by atoms with E-state index in [2.05, 4.69) is 19.1 Å². The summed E-state index contributed by atoms with van der Waals surface area (Å²) in [4.78, 5) is 27.8. The van der Waals surface area contributed by atoms with Gasteiger partial charge in [-0.15, -0.1) is 0 Å². The molecule has 0 bridgehead atoms. The zero-order valence-electron chi connectivity index (χ0n) is 14.1. The Kier molecular flexibility index (Phi) is 6.44. The van der Waals surface area contributed by atoms with Gasteiger partial charge < -0.3 is 14.5 Å². The van der Waals surface area contributed by atoms with E-state index in [4.69, 9.17) is 4.74 Å². The third kappa shape index (κ3) is 4.98. The maximum absolute atomic E-state index is 12.4. The van der Waals surface area contributed by atoms with Gasteiger partial charge in [-0.1, -0.05) is 24.3 Å². The van der Waals surface area contributed by atoms with Crippen molar-refractivity contribution in [3.8, 4) is 0 Å². The Labute approximate surface area is 138 Å². The van der Waals surface area contributed by atoms with E-state index < -0.39 is 0 Å². The maximum Gasteiger partial charge on any atom is 0.409 e. The summed E-state index contributed by atoms with van der Waals surface area (Å²) in [6.45, 7) is 6.76. The fourth-order valence-electron chi connectivity index (χ4n) is 2.85. The van der Waals surface area contributed by atoms with Gasteiger partial charge in [0.2, 0.25) is 5.91 Å². The number of ether oxygens (including phenoxy) is 1. The van der Waals surface area contributed by atoms with Gasteiger partial charge in [-0.3, -0.25) is 4.79 Å². The first-order valence-corrected chi connectivity index (χ1v) is 8.35. The van der Waals surface area contributed by atoms with Crippen molar-refractivity contribution in [2.75, 3.05) is 32.8 Å². The highest BCUT2D eigenvalue weighted by Gasteiger charge is 2.22. The van der Waals surface area contributed by atoms with Crippen LogP contribution in [0.4, 0.5) is 4.79 Å². The van der Waals surface area contributed by atoms with Gasteiger partial charge in [0, 0.05) is 32.6 Å². The van der Waals surface area contributed by atoms with E-state index in [0.717, 1.165) is 12.8 Å². The van der Waals surface area contributed by atoms with Gasteiger partial charge in [0.05, 0.1) is 6.61 Å². The lowest BCUT2D eigenvalue weighted by Gasteiger charge is -2.22. The van der Waals surface area contributed by atoms with Gasteiger partial charge >= 0.3 is 6.09 Å². The van der Waals surface area contributed by atoms with Crippen molar-refractivity contribution in [2.24, 2.45) is 0 Å². The molecule has 0 spiro atoms. The van der Waals surface area contributed by atoms with E-state index in [-0.39, 0.29) is 12.0 Å². The number of aryl methyl sites for hydroxylation is 2. The number of amides is 2. The lowest BCUT2D eigenvalue weighted by atomic mass is 10.0. The van der Waals surface area contributed by atoms with Crippen LogP contribution in [0.15, 0.2) is 24.3 Å². The topological polar surface area (TPSA) is 49.9 Å². The van der Waals surface area contributed by atoms with Crippen LogP contribution >= 0.6 is 0 Å². The fourth-order valence-corrected chi connectivity index (χ4v) is 2.85. The Hall–Kier alpha value is -2.04. The molecule has 1 heterocycles. The lowest BCUT2D eigenvalue weighted by molar-refractivity contribution is -0.131. The molecule has 5 nitrogen and oxygen atoms in total. The molecule has 5 heteroatoms. The highest BCUT2D eigenvalue weighted by molar-refractivity contribution is 5.76. The molecule has 0 saturated carbocycles. The first-order chi connectivity index (χ1) is 11.1. The third-order valence-corrected chi connectivity index (χ3v) is 4.24. The van der Waals surface area contributed by atoms with Crippen molar-refractivity contribution in [1.29, 1.82) is 0 Å². The zero-order chi connectivity index (χ0) is 16.7. The second-order valence-electron chi connectivity index (χ2n) is 5.85. The molecule has 2 amide bonds. The number of carbonyl (C=O) groups excluding carboxylic acids is 2. The van der Waals surface area contributed by atoms with Crippen molar-refractivity contribution in [3.05, 3.63) is 35.4 Å². The van der Waals surface area contributed by atoms with Crippen LogP contribution in [0.2, 0.25) is 0 Å². The van der Waals surface area contributed by atoms with E-state index in [9.17, 15) is 9.59 Å². The van der Waals surface area contributed by atoms with Crippen LogP contribution in [0.3, 0.4) is 0 Å². The zero-order valence-corrected chi connectivity index (χ0v) is 14.1.